The molecule has 2 aromatic rings. The first-order valence-corrected chi connectivity index (χ1v) is 3.73. The Morgan fingerprint density at radius 2 is 2.08 bits per heavy atom. The van der Waals surface area contributed by atoms with E-state index in [2.05, 4.69) is 4.98 Å². The molecule has 0 saturated carbocycles. The highest BCUT2D eigenvalue weighted by atomic mass is 16.5. The molecule has 2 rings (SSSR count). The van der Waals surface area contributed by atoms with Gasteiger partial charge in [-0.2, -0.15) is 0 Å². The third kappa shape index (κ3) is 0.906. The molecule has 3 heteroatoms. The van der Waals surface area contributed by atoms with Gasteiger partial charge in [-0.05, 0) is 12.1 Å². The Morgan fingerprint density at radius 3 is 2.92 bits per heavy atom. The van der Waals surface area contributed by atoms with Gasteiger partial charge in [-0.15, -0.1) is 0 Å². The van der Waals surface area contributed by atoms with Gasteiger partial charge in [0.2, 0.25) is 0 Å². The molecule has 0 aliphatic heterocycles. The highest BCUT2D eigenvalue weighted by Gasteiger charge is 2.03. The highest BCUT2D eigenvalue weighted by Crippen LogP contribution is 2.06. The quantitative estimate of drug-likeness (QED) is 0.428. The minimum Gasteiger partial charge on any atom is -0.710 e. The van der Waals surface area contributed by atoms with E-state index in [0.717, 1.165) is 10.1 Å². The highest BCUT2D eigenvalue weighted by molar-refractivity contribution is 5.74. The second kappa shape index (κ2) is 2.44. The van der Waals surface area contributed by atoms with Crippen LogP contribution in [-0.2, 0) is 0 Å². The molecular weight excluding hydrogens is 152 g/mol. The SMILES string of the molecule is Cc1ncc2ccccc2[n+]1[O-]. The average Bonchev–Trinajstić information content (AvgIpc) is 2.12. The summed E-state index contributed by atoms with van der Waals surface area (Å²) < 4.78 is 0.843. The molecule has 0 N–H and O–H groups in total. The van der Waals surface area contributed by atoms with E-state index < -0.39 is 0 Å². The summed E-state index contributed by atoms with van der Waals surface area (Å²) in [6.07, 6.45) is 1.71. The van der Waals surface area contributed by atoms with Crippen molar-refractivity contribution in [1.29, 1.82) is 0 Å². The Hall–Kier alpha value is -1.64. The van der Waals surface area contributed by atoms with Crippen LogP contribution < -0.4 is 4.73 Å². The number of nitrogens with zero attached hydrogens (tertiary/aromatic N) is 2. The normalized spacial score (nSPS) is 10.4. The van der Waals surface area contributed by atoms with Gasteiger partial charge in [0.25, 0.3) is 5.82 Å². The molecule has 0 atom stereocenters. The van der Waals surface area contributed by atoms with Crippen LogP contribution in [0.4, 0.5) is 0 Å². The van der Waals surface area contributed by atoms with Gasteiger partial charge >= 0.3 is 0 Å². The molecule has 0 amide bonds. The molecule has 0 unspecified atom stereocenters. The van der Waals surface area contributed by atoms with Crippen molar-refractivity contribution in [2.24, 2.45) is 0 Å². The number of para-hydroxylation sites is 1. The first kappa shape index (κ1) is 7.03. The van der Waals surface area contributed by atoms with E-state index in [4.69, 9.17) is 0 Å². The summed E-state index contributed by atoms with van der Waals surface area (Å²) in [5.74, 6) is 0.480. The van der Waals surface area contributed by atoms with Gasteiger partial charge < -0.3 is 5.21 Å². The van der Waals surface area contributed by atoms with Gasteiger partial charge in [-0.1, -0.05) is 17.1 Å². The number of aryl methyl sites for hydroxylation is 1. The lowest BCUT2D eigenvalue weighted by molar-refractivity contribution is -0.587. The second-order valence-corrected chi connectivity index (χ2v) is 2.66. The van der Waals surface area contributed by atoms with Crippen LogP contribution in [0.5, 0.6) is 0 Å². The van der Waals surface area contributed by atoms with E-state index in [9.17, 15) is 5.21 Å². The van der Waals surface area contributed by atoms with E-state index in [1.807, 2.05) is 18.2 Å². The van der Waals surface area contributed by atoms with Crippen molar-refractivity contribution in [2.75, 3.05) is 0 Å². The molecule has 1 aromatic heterocycles. The van der Waals surface area contributed by atoms with Gasteiger partial charge in [0.15, 0.2) is 6.20 Å². The number of rotatable bonds is 0. The van der Waals surface area contributed by atoms with Crippen molar-refractivity contribution in [3.63, 3.8) is 0 Å². The summed E-state index contributed by atoms with van der Waals surface area (Å²) in [4.78, 5) is 3.96. The lowest BCUT2D eigenvalue weighted by atomic mass is 10.2. The zero-order valence-corrected chi connectivity index (χ0v) is 6.69. The molecule has 0 fully saturated rings. The molecular formula is C9H8N2O. The van der Waals surface area contributed by atoms with Gasteiger partial charge in [-0.25, -0.2) is 4.73 Å². The number of hydrogen-bond acceptors (Lipinski definition) is 2. The van der Waals surface area contributed by atoms with Gasteiger partial charge in [0.05, 0.1) is 5.39 Å². The fraction of sp³-hybridized carbons (Fsp3) is 0.111. The third-order valence-corrected chi connectivity index (χ3v) is 1.84. The first-order valence-electron chi connectivity index (χ1n) is 3.73. The van der Waals surface area contributed by atoms with Crippen LogP contribution in [0.2, 0.25) is 0 Å². The van der Waals surface area contributed by atoms with Crippen molar-refractivity contribution in [1.82, 2.24) is 4.98 Å². The monoisotopic (exact) mass is 160 g/mol. The van der Waals surface area contributed by atoms with Crippen LogP contribution >= 0.6 is 0 Å². The predicted octanol–water partition coefficient (Wildman–Crippen LogP) is 1.18. The molecule has 1 heterocycles. The van der Waals surface area contributed by atoms with Crippen LogP contribution in [0, 0.1) is 12.1 Å². The maximum absolute atomic E-state index is 11.4. The van der Waals surface area contributed by atoms with Gasteiger partial charge in [-0.3, -0.25) is 0 Å². The maximum atomic E-state index is 11.4. The Bertz CT molecular complexity index is 426. The minimum atomic E-state index is 0.480. The number of fused-ring (bicyclic) bond motifs is 1. The summed E-state index contributed by atoms with van der Waals surface area (Å²) in [6, 6.07) is 7.39. The Morgan fingerprint density at radius 1 is 1.33 bits per heavy atom. The Labute approximate surface area is 69.9 Å². The zero-order chi connectivity index (χ0) is 8.55. The van der Waals surface area contributed by atoms with Crippen molar-refractivity contribution < 1.29 is 4.73 Å². The summed E-state index contributed by atoms with van der Waals surface area (Å²) in [7, 11) is 0. The second-order valence-electron chi connectivity index (χ2n) is 2.66. The number of hydrogen-bond donors (Lipinski definition) is 0. The number of benzene rings is 1. The van der Waals surface area contributed by atoms with E-state index in [1.54, 1.807) is 19.2 Å². The van der Waals surface area contributed by atoms with Crippen molar-refractivity contribution in [3.05, 3.63) is 41.5 Å². The smallest absolute Gasteiger partial charge is 0.298 e. The molecule has 0 aliphatic carbocycles. The van der Waals surface area contributed by atoms with Crippen LogP contribution in [0.3, 0.4) is 0 Å². The first-order chi connectivity index (χ1) is 5.79. The van der Waals surface area contributed by atoms with Gasteiger partial charge in [0.1, 0.15) is 5.52 Å². The van der Waals surface area contributed by atoms with Crippen LogP contribution in [0.15, 0.2) is 30.5 Å². The molecule has 0 radical (unpaired) electrons. The fourth-order valence-corrected chi connectivity index (χ4v) is 1.17. The van der Waals surface area contributed by atoms with Crippen LogP contribution in [0.1, 0.15) is 5.82 Å². The van der Waals surface area contributed by atoms with E-state index >= 15 is 0 Å². The largest absolute Gasteiger partial charge is 0.710 e. The van der Waals surface area contributed by atoms with Crippen molar-refractivity contribution >= 4 is 10.9 Å². The Kier molecular flexibility index (Phi) is 1.43. The summed E-state index contributed by atoms with van der Waals surface area (Å²) in [5.41, 5.74) is 0.671. The lowest BCUT2D eigenvalue weighted by Gasteiger charge is -2.05. The standard InChI is InChI=1S/C9H8N2O/c1-7-10-6-8-4-2-3-5-9(8)11(7)12/h2-6H,1H3. The molecule has 0 saturated heterocycles. The van der Waals surface area contributed by atoms with Crippen LogP contribution in [0.25, 0.3) is 10.9 Å². The molecule has 1 aromatic carbocycles. The molecule has 3 nitrogen and oxygen atoms in total. The number of aromatic nitrogens is 2. The zero-order valence-electron chi connectivity index (χ0n) is 6.69. The Balaban J connectivity index is 2.91. The molecule has 0 spiro atoms. The van der Waals surface area contributed by atoms with Crippen molar-refractivity contribution in [3.8, 4) is 0 Å². The molecule has 0 aliphatic rings. The minimum absolute atomic E-state index is 0.480. The van der Waals surface area contributed by atoms with E-state index in [-0.39, 0.29) is 0 Å². The summed E-state index contributed by atoms with van der Waals surface area (Å²) >= 11 is 0. The summed E-state index contributed by atoms with van der Waals surface area (Å²) in [5, 5.41) is 12.3. The van der Waals surface area contributed by atoms with E-state index in [0.29, 0.717) is 11.3 Å². The topological polar surface area (TPSA) is 39.8 Å². The molecule has 0 bridgehead atoms. The van der Waals surface area contributed by atoms with Gasteiger partial charge in [0, 0.05) is 6.92 Å². The fourth-order valence-electron chi connectivity index (χ4n) is 1.17. The third-order valence-electron chi connectivity index (χ3n) is 1.84. The average molecular weight is 160 g/mol. The molecule has 60 valence electrons. The van der Waals surface area contributed by atoms with Crippen molar-refractivity contribution in [2.45, 2.75) is 6.92 Å². The van der Waals surface area contributed by atoms with E-state index in [1.165, 1.54) is 0 Å². The summed E-state index contributed by atoms with van der Waals surface area (Å²) in [6.45, 7) is 1.69. The maximum Gasteiger partial charge on any atom is 0.298 e. The molecule has 12 heavy (non-hydrogen) atoms. The lowest BCUT2D eigenvalue weighted by Crippen LogP contribution is -2.31. The van der Waals surface area contributed by atoms with Crippen LogP contribution in [-0.4, -0.2) is 4.98 Å². The predicted molar refractivity (Wildman–Crippen MR) is 45.4 cm³/mol.